The Kier molecular flexibility index (Phi) is 7.56. The first kappa shape index (κ1) is 20.9. The number of likely N-dealkylation sites (tertiary alicyclic amines) is 1. The Bertz CT molecular complexity index is 798. The molecule has 1 saturated heterocycles. The minimum atomic E-state index is -0.0643. The number of ether oxygens (including phenoxy) is 2. The molecule has 1 atom stereocenters. The third-order valence-corrected chi connectivity index (χ3v) is 6.01. The smallest absolute Gasteiger partial charge is 0.252 e. The Morgan fingerprint density at radius 1 is 1.18 bits per heavy atom. The molecule has 28 heavy (non-hydrogen) atoms. The number of hydrogen-bond donors (Lipinski definition) is 1. The number of halogens is 1. The second-order valence-electron chi connectivity index (χ2n) is 7.13. The summed E-state index contributed by atoms with van der Waals surface area (Å²) in [6.07, 6.45) is 2.32. The van der Waals surface area contributed by atoms with Crippen LogP contribution in [0.3, 0.4) is 0 Å². The van der Waals surface area contributed by atoms with Gasteiger partial charge in [0.15, 0.2) is 11.5 Å². The Labute approximate surface area is 180 Å². The molecule has 5 nitrogen and oxygen atoms in total. The summed E-state index contributed by atoms with van der Waals surface area (Å²) in [6, 6.07) is 14.1. The molecule has 1 aliphatic rings. The molecule has 0 radical (unpaired) electrons. The van der Waals surface area contributed by atoms with Crippen molar-refractivity contribution in [3.8, 4) is 11.5 Å². The van der Waals surface area contributed by atoms with E-state index >= 15 is 0 Å². The molecule has 2 aromatic rings. The molecule has 1 heterocycles. The molecule has 1 unspecified atom stereocenters. The predicted octanol–water partition coefficient (Wildman–Crippen LogP) is 3.95. The van der Waals surface area contributed by atoms with Gasteiger partial charge in [0.2, 0.25) is 0 Å². The zero-order valence-corrected chi connectivity index (χ0v) is 18.6. The first-order valence-corrected chi connectivity index (χ1v) is 10.6. The van der Waals surface area contributed by atoms with E-state index in [2.05, 4.69) is 57.1 Å². The third kappa shape index (κ3) is 5.38. The molecule has 150 valence electrons. The average molecular weight is 494 g/mol. The second-order valence-corrected chi connectivity index (χ2v) is 8.29. The van der Waals surface area contributed by atoms with Crippen molar-refractivity contribution in [1.29, 1.82) is 0 Å². The summed E-state index contributed by atoms with van der Waals surface area (Å²) < 4.78 is 11.5. The lowest BCUT2D eigenvalue weighted by atomic mass is 9.97. The van der Waals surface area contributed by atoms with Crippen molar-refractivity contribution in [2.45, 2.75) is 19.4 Å². The summed E-state index contributed by atoms with van der Waals surface area (Å²) in [5.41, 5.74) is 1.96. The molecule has 6 heteroatoms. The van der Waals surface area contributed by atoms with E-state index < -0.39 is 0 Å². The van der Waals surface area contributed by atoms with Gasteiger partial charge >= 0.3 is 0 Å². The molecule has 0 bridgehead atoms. The largest absolute Gasteiger partial charge is 0.493 e. The van der Waals surface area contributed by atoms with E-state index in [4.69, 9.17) is 9.47 Å². The number of carbonyl (C=O) groups is 1. The molecule has 0 aromatic heterocycles. The van der Waals surface area contributed by atoms with Crippen molar-refractivity contribution < 1.29 is 14.3 Å². The Hall–Kier alpha value is -1.80. The molecule has 1 fully saturated rings. The second kappa shape index (κ2) is 10.1. The maximum atomic E-state index is 12.7. The lowest BCUT2D eigenvalue weighted by Gasteiger charge is -2.32. The first-order valence-electron chi connectivity index (χ1n) is 9.56. The van der Waals surface area contributed by atoms with Gasteiger partial charge in [-0.15, -0.1) is 0 Å². The van der Waals surface area contributed by atoms with Crippen LogP contribution in [0.4, 0.5) is 0 Å². The SMILES string of the molecule is COc1cc(I)c(C(=O)NCC2CCCN(Cc3ccccc3)C2)cc1OC. The summed E-state index contributed by atoms with van der Waals surface area (Å²) in [6.45, 7) is 3.79. The zero-order valence-electron chi connectivity index (χ0n) is 16.4. The van der Waals surface area contributed by atoms with Gasteiger partial charge < -0.3 is 14.8 Å². The van der Waals surface area contributed by atoms with Crippen molar-refractivity contribution in [1.82, 2.24) is 10.2 Å². The summed E-state index contributed by atoms with van der Waals surface area (Å²) in [4.78, 5) is 15.2. The number of piperidine rings is 1. The molecule has 0 aliphatic carbocycles. The van der Waals surface area contributed by atoms with E-state index in [0.717, 1.165) is 29.6 Å². The third-order valence-electron chi connectivity index (χ3n) is 5.12. The number of benzene rings is 2. The van der Waals surface area contributed by atoms with E-state index in [-0.39, 0.29) is 5.91 Å². The van der Waals surface area contributed by atoms with Crippen molar-refractivity contribution >= 4 is 28.5 Å². The molecular formula is C22H27IN2O3. The first-order chi connectivity index (χ1) is 13.6. The van der Waals surface area contributed by atoms with Crippen molar-refractivity contribution in [2.24, 2.45) is 5.92 Å². The predicted molar refractivity (Wildman–Crippen MR) is 119 cm³/mol. The maximum Gasteiger partial charge on any atom is 0.252 e. The number of methoxy groups -OCH3 is 2. The van der Waals surface area contributed by atoms with Gasteiger partial charge in [-0.1, -0.05) is 30.3 Å². The maximum absolute atomic E-state index is 12.7. The molecular weight excluding hydrogens is 467 g/mol. The minimum absolute atomic E-state index is 0.0643. The monoisotopic (exact) mass is 494 g/mol. The summed E-state index contributed by atoms with van der Waals surface area (Å²) in [7, 11) is 3.17. The van der Waals surface area contributed by atoms with E-state index in [1.165, 1.54) is 12.0 Å². The van der Waals surface area contributed by atoms with E-state index in [1.807, 2.05) is 12.1 Å². The molecule has 2 aromatic carbocycles. The van der Waals surface area contributed by atoms with Crippen molar-refractivity contribution in [3.63, 3.8) is 0 Å². The summed E-state index contributed by atoms with van der Waals surface area (Å²) >= 11 is 2.16. The van der Waals surface area contributed by atoms with Gasteiger partial charge in [0.25, 0.3) is 5.91 Å². The fourth-order valence-electron chi connectivity index (χ4n) is 3.66. The standard InChI is InChI=1S/C22H27IN2O3/c1-27-20-11-18(19(23)12-21(20)28-2)22(26)24-13-17-9-6-10-25(15-17)14-16-7-4-3-5-8-16/h3-5,7-8,11-12,17H,6,9-10,13-15H2,1-2H3,(H,24,26). The van der Waals surface area contributed by atoms with Crippen LogP contribution in [0.15, 0.2) is 42.5 Å². The fraction of sp³-hybridized carbons (Fsp3) is 0.409. The van der Waals surface area contributed by atoms with Crippen LogP contribution in [0, 0.1) is 9.49 Å². The average Bonchev–Trinajstić information content (AvgIpc) is 2.72. The van der Waals surface area contributed by atoms with Gasteiger partial charge in [-0.05, 0) is 65.6 Å². The highest BCUT2D eigenvalue weighted by Crippen LogP contribution is 2.31. The number of amides is 1. The zero-order chi connectivity index (χ0) is 19.9. The van der Waals surface area contributed by atoms with Gasteiger partial charge in [-0.2, -0.15) is 0 Å². The van der Waals surface area contributed by atoms with Crippen LogP contribution in [0.2, 0.25) is 0 Å². The lowest BCUT2D eigenvalue weighted by Crippen LogP contribution is -2.40. The number of hydrogen-bond acceptors (Lipinski definition) is 4. The molecule has 1 amide bonds. The lowest BCUT2D eigenvalue weighted by molar-refractivity contribution is 0.0929. The molecule has 3 rings (SSSR count). The highest BCUT2D eigenvalue weighted by molar-refractivity contribution is 14.1. The number of nitrogens with zero attached hydrogens (tertiary/aromatic N) is 1. The number of rotatable bonds is 7. The normalized spacial score (nSPS) is 17.2. The van der Waals surface area contributed by atoms with Crippen LogP contribution in [0.25, 0.3) is 0 Å². The topological polar surface area (TPSA) is 50.8 Å². The Balaban J connectivity index is 1.57. The van der Waals surface area contributed by atoms with Gasteiger partial charge in [0, 0.05) is 23.2 Å². The summed E-state index contributed by atoms with van der Waals surface area (Å²) in [5.74, 6) is 1.61. The van der Waals surface area contributed by atoms with Crippen LogP contribution in [-0.4, -0.2) is 44.7 Å². The van der Waals surface area contributed by atoms with Crippen molar-refractivity contribution in [3.05, 3.63) is 57.2 Å². The number of carbonyl (C=O) groups excluding carboxylic acids is 1. The van der Waals surface area contributed by atoms with Gasteiger partial charge in [-0.3, -0.25) is 9.69 Å². The highest BCUT2D eigenvalue weighted by atomic mass is 127. The highest BCUT2D eigenvalue weighted by Gasteiger charge is 2.22. The molecule has 1 N–H and O–H groups in total. The quantitative estimate of drug-likeness (QED) is 0.593. The van der Waals surface area contributed by atoms with Crippen LogP contribution in [-0.2, 0) is 6.54 Å². The fourth-order valence-corrected chi connectivity index (χ4v) is 4.35. The van der Waals surface area contributed by atoms with Crippen molar-refractivity contribution in [2.75, 3.05) is 33.9 Å². The van der Waals surface area contributed by atoms with E-state index in [9.17, 15) is 4.79 Å². The summed E-state index contributed by atoms with van der Waals surface area (Å²) in [5, 5.41) is 3.12. The molecule has 0 saturated carbocycles. The van der Waals surface area contributed by atoms with E-state index in [0.29, 0.717) is 29.5 Å². The van der Waals surface area contributed by atoms with Crippen LogP contribution < -0.4 is 14.8 Å². The molecule has 0 spiro atoms. The van der Waals surface area contributed by atoms with Crippen LogP contribution in [0.5, 0.6) is 11.5 Å². The number of nitrogens with one attached hydrogen (secondary N) is 1. The van der Waals surface area contributed by atoms with Crippen LogP contribution >= 0.6 is 22.6 Å². The minimum Gasteiger partial charge on any atom is -0.493 e. The Morgan fingerprint density at radius 2 is 1.89 bits per heavy atom. The molecule has 1 aliphatic heterocycles. The van der Waals surface area contributed by atoms with E-state index in [1.54, 1.807) is 20.3 Å². The Morgan fingerprint density at radius 3 is 2.61 bits per heavy atom. The van der Waals surface area contributed by atoms with Crippen LogP contribution in [0.1, 0.15) is 28.8 Å². The van der Waals surface area contributed by atoms with Gasteiger partial charge in [0.1, 0.15) is 0 Å². The van der Waals surface area contributed by atoms with Gasteiger partial charge in [0.05, 0.1) is 19.8 Å². The van der Waals surface area contributed by atoms with Gasteiger partial charge in [-0.25, -0.2) is 0 Å².